The Balaban J connectivity index is 1.42. The third-order valence-electron chi connectivity index (χ3n) is 4.36. The van der Waals surface area contributed by atoms with Gasteiger partial charge in [-0.25, -0.2) is 19.3 Å². The molecule has 0 aliphatic heterocycles. The summed E-state index contributed by atoms with van der Waals surface area (Å²) in [6.07, 6.45) is 6.00. The van der Waals surface area contributed by atoms with Gasteiger partial charge in [-0.3, -0.25) is 9.78 Å². The van der Waals surface area contributed by atoms with Crippen LogP contribution in [0.5, 0.6) is 0 Å². The molecule has 128 valence electrons. The predicted octanol–water partition coefficient (Wildman–Crippen LogP) is 1.14. The molecule has 1 aliphatic rings. The fraction of sp³-hybridized carbons (Fsp3) is 0.312. The normalized spacial score (nSPS) is 15.2. The molecule has 1 saturated carbocycles. The van der Waals surface area contributed by atoms with Crippen molar-refractivity contribution in [3.63, 3.8) is 0 Å². The van der Waals surface area contributed by atoms with Crippen LogP contribution in [0.15, 0.2) is 31.0 Å². The molecule has 4 rings (SSSR count). The van der Waals surface area contributed by atoms with Gasteiger partial charge in [-0.05, 0) is 25.0 Å². The lowest BCUT2D eigenvalue weighted by Crippen LogP contribution is -2.35. The average Bonchev–Trinajstić information content (AvgIpc) is 3.25. The van der Waals surface area contributed by atoms with Gasteiger partial charge >= 0.3 is 0 Å². The van der Waals surface area contributed by atoms with E-state index in [1.165, 1.54) is 18.6 Å². The molecule has 0 aromatic carbocycles. The standard InChI is InChI=1S/C16H16FN7O/c17-10-1-2-11(19-7-10)16(4-5-16)23-12(25)3-6-24-9-22-13-14(18)20-8-21-15(13)24/h1-2,7-9H,3-6H2,(H,23,25)(H2,18,20,21). The first-order chi connectivity index (χ1) is 12.1. The minimum atomic E-state index is -0.464. The van der Waals surface area contributed by atoms with Crippen LogP contribution in [0.2, 0.25) is 0 Å². The van der Waals surface area contributed by atoms with Crippen molar-refractivity contribution in [3.8, 4) is 0 Å². The second-order valence-corrected chi connectivity index (χ2v) is 6.11. The highest BCUT2D eigenvalue weighted by Crippen LogP contribution is 2.44. The summed E-state index contributed by atoms with van der Waals surface area (Å²) < 4.78 is 14.8. The Morgan fingerprint density at radius 2 is 2.12 bits per heavy atom. The first-order valence-electron chi connectivity index (χ1n) is 7.92. The smallest absolute Gasteiger partial charge is 0.222 e. The largest absolute Gasteiger partial charge is 0.382 e. The maximum Gasteiger partial charge on any atom is 0.222 e. The van der Waals surface area contributed by atoms with Crippen molar-refractivity contribution in [2.75, 3.05) is 5.73 Å². The number of halogens is 1. The molecule has 3 aromatic heterocycles. The monoisotopic (exact) mass is 341 g/mol. The maximum absolute atomic E-state index is 13.0. The third kappa shape index (κ3) is 2.88. The highest BCUT2D eigenvalue weighted by atomic mass is 19.1. The number of rotatable bonds is 5. The molecular weight excluding hydrogens is 325 g/mol. The molecule has 1 fully saturated rings. The quantitative estimate of drug-likeness (QED) is 0.720. The molecule has 0 bridgehead atoms. The van der Waals surface area contributed by atoms with Gasteiger partial charge < -0.3 is 15.6 Å². The summed E-state index contributed by atoms with van der Waals surface area (Å²) >= 11 is 0. The SMILES string of the molecule is Nc1ncnc2c1ncn2CCC(=O)NC1(c2ccc(F)cn2)CC1. The number of aryl methyl sites for hydroxylation is 1. The lowest BCUT2D eigenvalue weighted by Gasteiger charge is -2.17. The zero-order chi connectivity index (χ0) is 17.4. The summed E-state index contributed by atoms with van der Waals surface area (Å²) in [6.45, 7) is 0.422. The average molecular weight is 341 g/mol. The van der Waals surface area contributed by atoms with Gasteiger partial charge in [0, 0.05) is 13.0 Å². The van der Waals surface area contributed by atoms with E-state index in [4.69, 9.17) is 5.73 Å². The highest BCUT2D eigenvalue weighted by molar-refractivity contribution is 5.81. The molecule has 0 radical (unpaired) electrons. The fourth-order valence-corrected chi connectivity index (χ4v) is 2.84. The lowest BCUT2D eigenvalue weighted by molar-refractivity contribution is -0.122. The van der Waals surface area contributed by atoms with E-state index < -0.39 is 5.54 Å². The van der Waals surface area contributed by atoms with Crippen LogP contribution in [0.25, 0.3) is 11.2 Å². The molecule has 8 nitrogen and oxygen atoms in total. The van der Waals surface area contributed by atoms with Gasteiger partial charge in [0.25, 0.3) is 0 Å². The summed E-state index contributed by atoms with van der Waals surface area (Å²) in [5, 5.41) is 3.01. The van der Waals surface area contributed by atoms with Gasteiger partial charge in [-0.2, -0.15) is 0 Å². The molecule has 0 unspecified atom stereocenters. The van der Waals surface area contributed by atoms with Crippen LogP contribution in [0.3, 0.4) is 0 Å². The van der Waals surface area contributed by atoms with Gasteiger partial charge in [-0.15, -0.1) is 0 Å². The Labute approximate surface area is 142 Å². The van der Waals surface area contributed by atoms with E-state index in [1.807, 2.05) is 0 Å². The van der Waals surface area contributed by atoms with Crippen LogP contribution in [0, 0.1) is 5.82 Å². The Morgan fingerprint density at radius 3 is 2.84 bits per heavy atom. The number of hydrogen-bond acceptors (Lipinski definition) is 6. The van der Waals surface area contributed by atoms with E-state index >= 15 is 0 Å². The number of nitrogen functional groups attached to an aromatic ring is 1. The highest BCUT2D eigenvalue weighted by Gasteiger charge is 2.46. The Kier molecular flexibility index (Phi) is 3.56. The molecule has 0 spiro atoms. The first-order valence-corrected chi connectivity index (χ1v) is 7.92. The summed E-state index contributed by atoms with van der Waals surface area (Å²) in [5.74, 6) is -0.181. The minimum Gasteiger partial charge on any atom is -0.382 e. The van der Waals surface area contributed by atoms with Gasteiger partial charge in [-0.1, -0.05) is 0 Å². The number of imidazole rings is 1. The molecule has 25 heavy (non-hydrogen) atoms. The van der Waals surface area contributed by atoms with E-state index in [2.05, 4.69) is 25.3 Å². The van der Waals surface area contributed by atoms with Crippen molar-refractivity contribution >= 4 is 22.9 Å². The molecule has 0 saturated heterocycles. The number of hydrogen-bond donors (Lipinski definition) is 2. The number of nitrogens with two attached hydrogens (primary N) is 1. The van der Waals surface area contributed by atoms with Crippen molar-refractivity contribution in [1.82, 2.24) is 29.8 Å². The van der Waals surface area contributed by atoms with E-state index in [0.29, 0.717) is 29.2 Å². The number of aromatic nitrogens is 5. The van der Waals surface area contributed by atoms with Crippen molar-refractivity contribution in [3.05, 3.63) is 42.5 Å². The number of nitrogens with zero attached hydrogens (tertiary/aromatic N) is 5. The fourth-order valence-electron chi connectivity index (χ4n) is 2.84. The molecule has 3 aromatic rings. The van der Waals surface area contributed by atoms with Crippen LogP contribution in [0.1, 0.15) is 25.0 Å². The van der Waals surface area contributed by atoms with E-state index in [-0.39, 0.29) is 18.1 Å². The van der Waals surface area contributed by atoms with Crippen LogP contribution >= 0.6 is 0 Å². The third-order valence-corrected chi connectivity index (χ3v) is 4.36. The predicted molar refractivity (Wildman–Crippen MR) is 87.6 cm³/mol. The molecule has 3 N–H and O–H groups in total. The number of fused-ring (bicyclic) bond motifs is 1. The molecular formula is C16H16FN7O. The van der Waals surface area contributed by atoms with Crippen LogP contribution in [-0.2, 0) is 16.9 Å². The van der Waals surface area contributed by atoms with Gasteiger partial charge in [0.1, 0.15) is 17.7 Å². The van der Waals surface area contributed by atoms with Crippen molar-refractivity contribution in [1.29, 1.82) is 0 Å². The van der Waals surface area contributed by atoms with Crippen molar-refractivity contribution in [2.24, 2.45) is 0 Å². The number of amides is 1. The van der Waals surface area contributed by atoms with Crippen LogP contribution < -0.4 is 11.1 Å². The van der Waals surface area contributed by atoms with Crippen molar-refractivity contribution < 1.29 is 9.18 Å². The van der Waals surface area contributed by atoms with E-state index in [0.717, 1.165) is 12.8 Å². The molecule has 3 heterocycles. The second-order valence-electron chi connectivity index (χ2n) is 6.11. The number of nitrogens with one attached hydrogen (secondary N) is 1. The summed E-state index contributed by atoms with van der Waals surface area (Å²) in [4.78, 5) is 28.6. The molecule has 0 atom stereocenters. The number of pyridine rings is 1. The minimum absolute atomic E-state index is 0.104. The number of carbonyl (C=O) groups excluding carboxylic acids is 1. The maximum atomic E-state index is 13.0. The Morgan fingerprint density at radius 1 is 1.28 bits per heavy atom. The Hall–Kier alpha value is -3.10. The zero-order valence-corrected chi connectivity index (χ0v) is 13.3. The van der Waals surface area contributed by atoms with Gasteiger partial charge in [0.05, 0.1) is 23.8 Å². The first kappa shape index (κ1) is 15.4. The zero-order valence-electron chi connectivity index (χ0n) is 13.3. The summed E-state index contributed by atoms with van der Waals surface area (Å²) in [7, 11) is 0. The van der Waals surface area contributed by atoms with Crippen LogP contribution in [0.4, 0.5) is 10.2 Å². The van der Waals surface area contributed by atoms with E-state index in [1.54, 1.807) is 17.0 Å². The lowest BCUT2D eigenvalue weighted by atomic mass is 10.1. The molecule has 1 amide bonds. The summed E-state index contributed by atoms with van der Waals surface area (Å²) in [5.41, 5.74) is 7.10. The topological polar surface area (TPSA) is 112 Å². The van der Waals surface area contributed by atoms with E-state index in [9.17, 15) is 9.18 Å². The summed E-state index contributed by atoms with van der Waals surface area (Å²) in [6, 6.07) is 2.97. The Bertz CT molecular complexity index is 933. The van der Waals surface area contributed by atoms with Gasteiger partial charge in [0.15, 0.2) is 11.5 Å². The van der Waals surface area contributed by atoms with Crippen LogP contribution in [-0.4, -0.2) is 30.4 Å². The second kappa shape index (κ2) is 5.76. The molecule has 9 heteroatoms. The van der Waals surface area contributed by atoms with Crippen molar-refractivity contribution in [2.45, 2.75) is 31.3 Å². The number of carbonyl (C=O) groups is 1. The molecule has 1 aliphatic carbocycles. The van der Waals surface area contributed by atoms with Gasteiger partial charge in [0.2, 0.25) is 5.91 Å². The number of anilines is 1.